The van der Waals surface area contributed by atoms with E-state index >= 15 is 0 Å². The van der Waals surface area contributed by atoms with Gasteiger partial charge in [-0.1, -0.05) is 0 Å². The Balaban J connectivity index is 2.21. The van der Waals surface area contributed by atoms with Crippen LogP contribution in [0.25, 0.3) is 0 Å². The summed E-state index contributed by atoms with van der Waals surface area (Å²) in [6.45, 7) is 4.99. The van der Waals surface area contributed by atoms with Crippen molar-refractivity contribution in [3.05, 3.63) is 16.1 Å². The van der Waals surface area contributed by atoms with Crippen LogP contribution in [-0.2, 0) is 0 Å². The molecule has 12 heavy (non-hydrogen) atoms. The van der Waals surface area contributed by atoms with Crippen molar-refractivity contribution in [1.29, 1.82) is 0 Å². The van der Waals surface area contributed by atoms with Crippen LogP contribution < -0.4 is 5.32 Å². The minimum atomic E-state index is 0.462. The van der Waals surface area contributed by atoms with Gasteiger partial charge < -0.3 is 5.32 Å². The molecule has 0 spiro atoms. The summed E-state index contributed by atoms with van der Waals surface area (Å²) in [5, 5.41) is 6.34. The average Bonchev–Trinajstić information content (AvgIpc) is 2.58. The molecule has 1 N–H and O–H groups in total. The summed E-state index contributed by atoms with van der Waals surface area (Å²) in [6.07, 6.45) is 0. The molecule has 0 bridgehead atoms. The molecule has 0 aromatic carbocycles. The van der Waals surface area contributed by atoms with Gasteiger partial charge in [-0.15, -0.1) is 11.3 Å². The average molecular weight is 181 g/mol. The Morgan fingerprint density at radius 3 is 3.00 bits per heavy atom. The molecular formula is C8H11N3S. The van der Waals surface area contributed by atoms with Gasteiger partial charge >= 0.3 is 0 Å². The van der Waals surface area contributed by atoms with Gasteiger partial charge in [-0.05, 0) is 13.8 Å². The number of aromatic nitrogens is 1. The highest BCUT2D eigenvalue weighted by Crippen LogP contribution is 2.11. The number of nitrogens with one attached hydrogen (secondary N) is 1. The van der Waals surface area contributed by atoms with Crippen molar-refractivity contribution in [1.82, 2.24) is 10.3 Å². The zero-order chi connectivity index (χ0) is 8.55. The van der Waals surface area contributed by atoms with Gasteiger partial charge in [-0.2, -0.15) is 0 Å². The molecule has 4 heteroatoms. The Labute approximate surface area is 75.6 Å². The lowest BCUT2D eigenvalue weighted by atomic mass is 10.4. The van der Waals surface area contributed by atoms with Crippen molar-refractivity contribution in [2.24, 2.45) is 4.99 Å². The summed E-state index contributed by atoms with van der Waals surface area (Å²) in [7, 11) is 0. The predicted molar refractivity (Wildman–Crippen MR) is 50.9 cm³/mol. The van der Waals surface area contributed by atoms with Gasteiger partial charge in [0.25, 0.3) is 0 Å². The molecule has 64 valence electrons. The van der Waals surface area contributed by atoms with Gasteiger partial charge in [-0.3, -0.25) is 4.99 Å². The van der Waals surface area contributed by atoms with Gasteiger partial charge in [0.1, 0.15) is 0 Å². The minimum absolute atomic E-state index is 0.462. The van der Waals surface area contributed by atoms with E-state index in [-0.39, 0.29) is 0 Å². The number of thiazole rings is 1. The van der Waals surface area contributed by atoms with Gasteiger partial charge in [0, 0.05) is 17.1 Å². The zero-order valence-electron chi connectivity index (χ0n) is 7.16. The van der Waals surface area contributed by atoms with Gasteiger partial charge in [0.2, 0.25) is 0 Å². The first-order chi connectivity index (χ1) is 5.75. The number of hydrogen-bond donors (Lipinski definition) is 1. The minimum Gasteiger partial charge on any atom is -0.364 e. The van der Waals surface area contributed by atoms with Crippen molar-refractivity contribution in [2.75, 3.05) is 6.54 Å². The maximum atomic E-state index is 4.35. The number of aryl methyl sites for hydroxylation is 1. The van der Waals surface area contributed by atoms with E-state index in [1.54, 1.807) is 11.3 Å². The monoisotopic (exact) mass is 181 g/mol. The second-order valence-corrected chi connectivity index (χ2v) is 3.89. The third-order valence-corrected chi connectivity index (χ3v) is 2.69. The Morgan fingerprint density at radius 1 is 1.67 bits per heavy atom. The molecule has 1 atom stereocenters. The van der Waals surface area contributed by atoms with Gasteiger partial charge in [0.15, 0.2) is 10.8 Å². The maximum Gasteiger partial charge on any atom is 0.158 e. The third kappa shape index (κ3) is 1.34. The molecule has 0 fully saturated rings. The van der Waals surface area contributed by atoms with Crippen LogP contribution in [0.1, 0.15) is 17.6 Å². The van der Waals surface area contributed by atoms with E-state index in [1.165, 1.54) is 0 Å². The standard InChI is InChI=1S/C8H11N3S/c1-5-3-9-7(10-5)8-11-6(2)4-12-8/h4-5H,3H2,1-2H3,(H,9,10). The summed E-state index contributed by atoms with van der Waals surface area (Å²) in [5.41, 5.74) is 1.07. The highest BCUT2D eigenvalue weighted by Gasteiger charge is 2.16. The molecular weight excluding hydrogens is 170 g/mol. The molecule has 1 aromatic heterocycles. The van der Waals surface area contributed by atoms with Crippen molar-refractivity contribution in [3.63, 3.8) is 0 Å². The SMILES string of the molecule is Cc1csc(C2=NCC(C)N2)n1. The van der Waals surface area contributed by atoms with E-state index in [1.807, 2.05) is 12.3 Å². The molecule has 1 unspecified atom stereocenters. The molecule has 0 saturated carbocycles. The van der Waals surface area contributed by atoms with E-state index in [2.05, 4.69) is 22.2 Å². The predicted octanol–water partition coefficient (Wildman–Crippen LogP) is 1.19. The van der Waals surface area contributed by atoms with Crippen LogP contribution in [-0.4, -0.2) is 23.4 Å². The molecule has 3 nitrogen and oxygen atoms in total. The summed E-state index contributed by atoms with van der Waals surface area (Å²) < 4.78 is 0. The van der Waals surface area contributed by atoms with Crippen molar-refractivity contribution in [3.8, 4) is 0 Å². The lowest BCUT2D eigenvalue weighted by Crippen LogP contribution is -2.27. The Bertz CT molecular complexity index is 316. The molecule has 0 amide bonds. The van der Waals surface area contributed by atoms with Crippen LogP contribution >= 0.6 is 11.3 Å². The molecule has 0 saturated heterocycles. The highest BCUT2D eigenvalue weighted by molar-refractivity contribution is 7.11. The Hall–Kier alpha value is -0.900. The fourth-order valence-corrected chi connectivity index (χ4v) is 1.91. The van der Waals surface area contributed by atoms with E-state index < -0.39 is 0 Å². The fourth-order valence-electron chi connectivity index (χ4n) is 1.15. The second-order valence-electron chi connectivity index (χ2n) is 3.03. The van der Waals surface area contributed by atoms with E-state index in [0.29, 0.717) is 6.04 Å². The van der Waals surface area contributed by atoms with Crippen LogP contribution in [0.3, 0.4) is 0 Å². The lowest BCUT2D eigenvalue weighted by Gasteiger charge is -2.01. The molecule has 1 aliphatic heterocycles. The molecule has 1 aliphatic rings. The first-order valence-corrected chi connectivity index (χ1v) is 4.87. The lowest BCUT2D eigenvalue weighted by molar-refractivity contribution is 0.726. The smallest absolute Gasteiger partial charge is 0.158 e. The second kappa shape index (κ2) is 2.86. The largest absolute Gasteiger partial charge is 0.364 e. The molecule has 0 aliphatic carbocycles. The quantitative estimate of drug-likeness (QED) is 0.706. The number of amidine groups is 1. The fraction of sp³-hybridized carbons (Fsp3) is 0.500. The number of nitrogens with zero attached hydrogens (tertiary/aromatic N) is 2. The number of hydrogen-bond acceptors (Lipinski definition) is 4. The van der Waals surface area contributed by atoms with Gasteiger partial charge in [-0.25, -0.2) is 4.98 Å². The highest BCUT2D eigenvalue weighted by atomic mass is 32.1. The van der Waals surface area contributed by atoms with Crippen molar-refractivity contribution in [2.45, 2.75) is 19.9 Å². The van der Waals surface area contributed by atoms with Crippen LogP contribution in [0, 0.1) is 6.92 Å². The number of rotatable bonds is 1. The molecule has 0 radical (unpaired) electrons. The summed E-state index contributed by atoms with van der Waals surface area (Å²) in [4.78, 5) is 8.71. The maximum absolute atomic E-state index is 4.35. The summed E-state index contributed by atoms with van der Waals surface area (Å²) in [5.74, 6) is 0.959. The van der Waals surface area contributed by atoms with Crippen molar-refractivity contribution < 1.29 is 0 Å². The molecule has 1 aromatic rings. The van der Waals surface area contributed by atoms with Crippen LogP contribution in [0.4, 0.5) is 0 Å². The Morgan fingerprint density at radius 2 is 2.50 bits per heavy atom. The van der Waals surface area contributed by atoms with Crippen LogP contribution in [0.2, 0.25) is 0 Å². The van der Waals surface area contributed by atoms with Crippen LogP contribution in [0.5, 0.6) is 0 Å². The third-order valence-electron chi connectivity index (χ3n) is 1.73. The number of aliphatic imine (C=N–C) groups is 1. The van der Waals surface area contributed by atoms with Crippen molar-refractivity contribution >= 4 is 17.2 Å². The zero-order valence-corrected chi connectivity index (χ0v) is 7.98. The normalized spacial score (nSPS) is 22.2. The topological polar surface area (TPSA) is 37.3 Å². The van der Waals surface area contributed by atoms with E-state index in [4.69, 9.17) is 0 Å². The van der Waals surface area contributed by atoms with Gasteiger partial charge in [0.05, 0.1) is 6.54 Å². The first-order valence-electron chi connectivity index (χ1n) is 3.99. The van der Waals surface area contributed by atoms with E-state index in [9.17, 15) is 0 Å². The summed E-state index contributed by atoms with van der Waals surface area (Å²) >= 11 is 1.64. The van der Waals surface area contributed by atoms with Crippen LogP contribution in [0.15, 0.2) is 10.4 Å². The first kappa shape index (κ1) is 7.73. The molecule has 2 heterocycles. The van der Waals surface area contributed by atoms with E-state index in [0.717, 1.165) is 23.1 Å². The molecule has 2 rings (SSSR count). The summed E-state index contributed by atoms with van der Waals surface area (Å²) in [6, 6.07) is 0.462. The Kier molecular flexibility index (Phi) is 1.84.